The Balaban J connectivity index is 2.20. The van der Waals surface area contributed by atoms with Gasteiger partial charge in [-0.05, 0) is 19.1 Å². The van der Waals surface area contributed by atoms with Crippen molar-refractivity contribution in [2.24, 2.45) is 0 Å². The van der Waals surface area contributed by atoms with Gasteiger partial charge in [0.15, 0.2) is 0 Å². The smallest absolute Gasteiger partial charge is 0.273 e. The number of phenols is 1. The maximum Gasteiger partial charge on any atom is 0.273 e. The molecule has 0 aliphatic heterocycles. The third-order valence-electron chi connectivity index (χ3n) is 2.43. The van der Waals surface area contributed by atoms with Crippen LogP contribution in [-0.4, -0.2) is 15.9 Å². The van der Waals surface area contributed by atoms with Gasteiger partial charge in [0, 0.05) is 6.07 Å². The number of benzene rings is 1. The van der Waals surface area contributed by atoms with Gasteiger partial charge in [0.25, 0.3) is 11.6 Å². The zero-order valence-corrected chi connectivity index (χ0v) is 9.91. The van der Waals surface area contributed by atoms with Crippen LogP contribution in [0, 0.1) is 17.0 Å². The van der Waals surface area contributed by atoms with Gasteiger partial charge in [-0.25, -0.2) is 0 Å². The summed E-state index contributed by atoms with van der Waals surface area (Å²) in [6.07, 6.45) is 1.28. The van der Waals surface area contributed by atoms with Crippen LogP contribution in [0.1, 0.15) is 16.1 Å². The van der Waals surface area contributed by atoms with Gasteiger partial charge >= 0.3 is 0 Å². The molecule has 0 aliphatic rings. The number of hydrogen-bond donors (Lipinski definition) is 2. The summed E-state index contributed by atoms with van der Waals surface area (Å²) in [5.41, 5.74) is 0.138. The molecule has 2 aromatic rings. The number of hydrogen-bond acceptors (Lipinski definition) is 5. The lowest BCUT2D eigenvalue weighted by molar-refractivity contribution is -0.384. The van der Waals surface area contributed by atoms with Crippen molar-refractivity contribution >= 4 is 17.3 Å². The summed E-state index contributed by atoms with van der Waals surface area (Å²) < 4.78 is 4.99. The number of nitrogens with zero attached hydrogens (tertiary/aromatic N) is 1. The standard InChI is InChI=1S/C12H10N2O5/c1-7-4-8(6-19-7)12(16)13-10-3-2-9(14(17)18)5-11(10)15/h2-6,15H,1H3,(H,13,16). The molecule has 1 heterocycles. The van der Waals surface area contributed by atoms with E-state index in [-0.39, 0.29) is 17.1 Å². The summed E-state index contributed by atoms with van der Waals surface area (Å²) in [5.74, 6) is -0.262. The second-order valence-electron chi connectivity index (χ2n) is 3.86. The third kappa shape index (κ3) is 2.71. The number of nitro benzene ring substituents is 1. The number of rotatable bonds is 3. The van der Waals surface area contributed by atoms with Gasteiger partial charge in [-0.3, -0.25) is 14.9 Å². The molecule has 2 N–H and O–H groups in total. The molecule has 0 bridgehead atoms. The second kappa shape index (κ2) is 4.81. The van der Waals surface area contributed by atoms with Gasteiger partial charge in [-0.15, -0.1) is 0 Å². The highest BCUT2D eigenvalue weighted by atomic mass is 16.6. The Labute approximate surface area is 107 Å². The fraction of sp³-hybridized carbons (Fsp3) is 0.0833. The molecule has 1 amide bonds. The first-order valence-electron chi connectivity index (χ1n) is 5.31. The van der Waals surface area contributed by atoms with E-state index in [2.05, 4.69) is 5.32 Å². The van der Waals surface area contributed by atoms with Crippen molar-refractivity contribution < 1.29 is 19.2 Å². The Morgan fingerprint density at radius 2 is 2.16 bits per heavy atom. The van der Waals surface area contributed by atoms with Crippen LogP contribution < -0.4 is 5.32 Å². The van der Waals surface area contributed by atoms with Crippen LogP contribution in [0.5, 0.6) is 5.75 Å². The first-order chi connectivity index (χ1) is 8.97. The molecular weight excluding hydrogens is 252 g/mol. The van der Waals surface area contributed by atoms with Crippen molar-refractivity contribution in [2.45, 2.75) is 6.92 Å². The number of amides is 1. The van der Waals surface area contributed by atoms with Crippen LogP contribution >= 0.6 is 0 Å². The third-order valence-corrected chi connectivity index (χ3v) is 2.43. The lowest BCUT2D eigenvalue weighted by Gasteiger charge is -2.05. The van der Waals surface area contributed by atoms with Gasteiger partial charge in [0.05, 0.1) is 22.2 Å². The van der Waals surface area contributed by atoms with Crippen molar-refractivity contribution in [2.75, 3.05) is 5.32 Å². The molecule has 0 aliphatic carbocycles. The molecule has 2 rings (SSSR count). The zero-order chi connectivity index (χ0) is 14.0. The Bertz CT molecular complexity index is 647. The van der Waals surface area contributed by atoms with Crippen molar-refractivity contribution in [3.8, 4) is 5.75 Å². The lowest BCUT2D eigenvalue weighted by Crippen LogP contribution is -2.11. The molecule has 0 atom stereocenters. The highest BCUT2D eigenvalue weighted by Gasteiger charge is 2.14. The number of aryl methyl sites for hydroxylation is 1. The summed E-state index contributed by atoms with van der Waals surface area (Å²) in [4.78, 5) is 21.7. The SMILES string of the molecule is Cc1cc(C(=O)Nc2ccc([N+](=O)[O-])cc2O)co1. The number of nitrogens with one attached hydrogen (secondary N) is 1. The van der Waals surface area contributed by atoms with Gasteiger partial charge in [0.1, 0.15) is 17.8 Å². The molecule has 98 valence electrons. The number of furan rings is 1. The van der Waals surface area contributed by atoms with Crippen molar-refractivity contribution in [1.82, 2.24) is 0 Å². The highest BCUT2D eigenvalue weighted by molar-refractivity contribution is 6.04. The van der Waals surface area contributed by atoms with E-state index in [4.69, 9.17) is 4.42 Å². The van der Waals surface area contributed by atoms with E-state index < -0.39 is 10.8 Å². The summed E-state index contributed by atoms with van der Waals surface area (Å²) in [5, 5.41) is 22.5. The van der Waals surface area contributed by atoms with Crippen LogP contribution in [0.3, 0.4) is 0 Å². The molecule has 0 fully saturated rings. The van der Waals surface area contributed by atoms with E-state index in [1.54, 1.807) is 6.92 Å². The Kier molecular flexibility index (Phi) is 3.19. The fourth-order valence-electron chi connectivity index (χ4n) is 1.50. The van der Waals surface area contributed by atoms with E-state index >= 15 is 0 Å². The highest BCUT2D eigenvalue weighted by Crippen LogP contribution is 2.28. The molecule has 1 aromatic carbocycles. The van der Waals surface area contributed by atoms with Gasteiger partial charge < -0.3 is 14.8 Å². The molecule has 7 heteroatoms. The molecule has 19 heavy (non-hydrogen) atoms. The number of carbonyl (C=O) groups excluding carboxylic acids is 1. The number of non-ortho nitro benzene ring substituents is 1. The van der Waals surface area contributed by atoms with E-state index in [0.717, 1.165) is 6.07 Å². The minimum Gasteiger partial charge on any atom is -0.506 e. The summed E-state index contributed by atoms with van der Waals surface area (Å²) in [6, 6.07) is 4.96. The van der Waals surface area contributed by atoms with E-state index in [1.807, 2.05) is 0 Å². The average molecular weight is 262 g/mol. The van der Waals surface area contributed by atoms with Gasteiger partial charge in [-0.1, -0.05) is 0 Å². The molecule has 0 unspecified atom stereocenters. The molecule has 0 saturated carbocycles. The number of nitro groups is 1. The van der Waals surface area contributed by atoms with Gasteiger partial charge in [0.2, 0.25) is 0 Å². The zero-order valence-electron chi connectivity index (χ0n) is 9.91. The van der Waals surface area contributed by atoms with Gasteiger partial charge in [-0.2, -0.15) is 0 Å². The number of aromatic hydroxyl groups is 1. The molecule has 7 nitrogen and oxygen atoms in total. The first kappa shape index (κ1) is 12.6. The van der Waals surface area contributed by atoms with Crippen molar-refractivity contribution in [3.05, 3.63) is 52.0 Å². The monoisotopic (exact) mass is 262 g/mol. The van der Waals surface area contributed by atoms with Crippen LogP contribution in [0.4, 0.5) is 11.4 Å². The Morgan fingerprint density at radius 1 is 1.42 bits per heavy atom. The second-order valence-corrected chi connectivity index (χ2v) is 3.86. The largest absolute Gasteiger partial charge is 0.506 e. The summed E-state index contributed by atoms with van der Waals surface area (Å²) >= 11 is 0. The summed E-state index contributed by atoms with van der Waals surface area (Å²) in [7, 11) is 0. The quantitative estimate of drug-likeness (QED) is 0.502. The number of phenolic OH excluding ortho intramolecular Hbond substituents is 1. The minimum atomic E-state index is -0.634. The average Bonchev–Trinajstić information content (AvgIpc) is 2.78. The Hall–Kier alpha value is -2.83. The fourth-order valence-corrected chi connectivity index (χ4v) is 1.50. The van der Waals surface area contributed by atoms with E-state index in [9.17, 15) is 20.0 Å². The maximum absolute atomic E-state index is 11.8. The topological polar surface area (TPSA) is 106 Å². The van der Waals surface area contributed by atoms with E-state index in [0.29, 0.717) is 11.3 Å². The number of carbonyl (C=O) groups is 1. The van der Waals surface area contributed by atoms with Crippen LogP contribution in [0.25, 0.3) is 0 Å². The minimum absolute atomic E-state index is 0.0921. The Morgan fingerprint density at radius 3 is 2.68 bits per heavy atom. The van der Waals surface area contributed by atoms with Crippen molar-refractivity contribution in [3.63, 3.8) is 0 Å². The molecule has 0 spiro atoms. The first-order valence-corrected chi connectivity index (χ1v) is 5.31. The predicted molar refractivity (Wildman–Crippen MR) is 66.2 cm³/mol. The molecule has 1 aromatic heterocycles. The van der Waals surface area contributed by atoms with Crippen LogP contribution in [0.2, 0.25) is 0 Å². The lowest BCUT2D eigenvalue weighted by atomic mass is 10.2. The predicted octanol–water partition coefficient (Wildman–Crippen LogP) is 2.45. The molecule has 0 saturated heterocycles. The normalized spacial score (nSPS) is 10.2. The van der Waals surface area contributed by atoms with Crippen LogP contribution in [-0.2, 0) is 0 Å². The number of anilines is 1. The molecular formula is C12H10N2O5. The summed E-state index contributed by atoms with van der Waals surface area (Å²) in [6.45, 7) is 1.69. The van der Waals surface area contributed by atoms with Crippen LogP contribution in [0.15, 0.2) is 34.9 Å². The molecule has 0 radical (unpaired) electrons. The van der Waals surface area contributed by atoms with Crippen molar-refractivity contribution in [1.29, 1.82) is 0 Å². The van der Waals surface area contributed by atoms with E-state index in [1.165, 1.54) is 24.5 Å². The maximum atomic E-state index is 11.8.